The summed E-state index contributed by atoms with van der Waals surface area (Å²) in [6.07, 6.45) is 2.33. The molecule has 208 valence electrons. The highest BCUT2D eigenvalue weighted by Crippen LogP contribution is 2.47. The number of hydrogen-bond donors (Lipinski definition) is 2. The molecule has 2 aromatic rings. The quantitative estimate of drug-likeness (QED) is 0.524. The van der Waals surface area contributed by atoms with E-state index in [-0.39, 0.29) is 30.5 Å². The highest BCUT2D eigenvalue weighted by molar-refractivity contribution is 7.09. The number of hydrogen-bond acceptors (Lipinski definition) is 6. The second-order valence-electron chi connectivity index (χ2n) is 11.8. The lowest BCUT2D eigenvalue weighted by molar-refractivity contribution is -0.146. The van der Waals surface area contributed by atoms with Crippen molar-refractivity contribution in [2.45, 2.75) is 103 Å². The zero-order valence-corrected chi connectivity index (χ0v) is 23.1. The van der Waals surface area contributed by atoms with Crippen LogP contribution in [0.3, 0.4) is 0 Å². The van der Waals surface area contributed by atoms with Crippen LogP contribution in [0.15, 0.2) is 17.6 Å². The lowest BCUT2D eigenvalue weighted by Gasteiger charge is -2.40. The molecule has 2 N–H and O–H groups in total. The molecule has 0 aromatic carbocycles. The summed E-state index contributed by atoms with van der Waals surface area (Å²) < 4.78 is 39.7. The summed E-state index contributed by atoms with van der Waals surface area (Å²) in [5, 5.41) is 17.7. The van der Waals surface area contributed by atoms with Gasteiger partial charge in [-0.3, -0.25) is 9.78 Å². The third-order valence-corrected chi connectivity index (χ3v) is 10.2. The van der Waals surface area contributed by atoms with Crippen LogP contribution in [0.5, 0.6) is 0 Å². The smallest absolute Gasteiger partial charge is 0.383 e. The molecule has 0 unspecified atom stereocenters. The summed E-state index contributed by atoms with van der Waals surface area (Å²) >= 11 is 1.52. The Balaban J connectivity index is 1.23. The van der Waals surface area contributed by atoms with Gasteiger partial charge in [0, 0.05) is 54.6 Å². The first-order valence-electron chi connectivity index (χ1n) is 13.6. The van der Waals surface area contributed by atoms with Crippen molar-refractivity contribution in [1.82, 2.24) is 20.2 Å². The number of carbonyl (C=O) groups excluding carboxylic acids is 1. The molecule has 2 aromatic heterocycles. The lowest BCUT2D eigenvalue weighted by atomic mass is 9.73. The van der Waals surface area contributed by atoms with Crippen molar-refractivity contribution in [2.75, 3.05) is 6.54 Å². The normalized spacial score (nSPS) is 30.1. The van der Waals surface area contributed by atoms with E-state index in [0.717, 1.165) is 55.1 Å². The van der Waals surface area contributed by atoms with Gasteiger partial charge in [0.25, 0.3) is 0 Å². The first kappa shape index (κ1) is 27.5. The first-order chi connectivity index (χ1) is 17.9. The Hall–Kier alpha value is -2.04. The Morgan fingerprint density at radius 2 is 1.92 bits per heavy atom. The average Bonchev–Trinajstić information content (AvgIpc) is 3.51. The van der Waals surface area contributed by atoms with Gasteiger partial charge in [-0.25, -0.2) is 4.98 Å². The van der Waals surface area contributed by atoms with E-state index in [9.17, 15) is 23.1 Å². The van der Waals surface area contributed by atoms with Crippen LogP contribution in [0, 0.1) is 18.3 Å². The predicted molar refractivity (Wildman–Crippen MR) is 139 cm³/mol. The lowest BCUT2D eigenvalue weighted by Crippen LogP contribution is -2.49. The SMILES string of the molecule is Cc1csc(C2(O)CCC(N[C@@H]3CC[C@@](C(=O)N4CCc5ncc(C(F)(F)F)cc5C4)(C(C)C)C3)CC2)n1. The van der Waals surface area contributed by atoms with Crippen molar-refractivity contribution in [3.05, 3.63) is 45.2 Å². The zero-order chi connectivity index (χ0) is 27.3. The number of carbonyl (C=O) groups is 1. The number of aromatic nitrogens is 2. The number of nitrogens with one attached hydrogen (secondary N) is 1. The van der Waals surface area contributed by atoms with Crippen molar-refractivity contribution < 1.29 is 23.1 Å². The van der Waals surface area contributed by atoms with Gasteiger partial charge in [0.05, 0.1) is 11.0 Å². The van der Waals surface area contributed by atoms with Crippen LogP contribution in [-0.4, -0.2) is 44.5 Å². The molecule has 5 rings (SSSR count). The summed E-state index contributed by atoms with van der Waals surface area (Å²) in [4.78, 5) is 24.3. The summed E-state index contributed by atoms with van der Waals surface area (Å²) in [5.74, 6) is 0.171. The minimum Gasteiger partial charge on any atom is -0.383 e. The molecule has 2 atom stereocenters. The minimum atomic E-state index is -4.45. The number of thiazole rings is 1. The first-order valence-corrected chi connectivity index (χ1v) is 14.5. The summed E-state index contributed by atoms with van der Waals surface area (Å²) in [7, 11) is 0. The molecule has 2 fully saturated rings. The molecule has 0 saturated heterocycles. The molecule has 38 heavy (non-hydrogen) atoms. The monoisotopic (exact) mass is 550 g/mol. The molecule has 2 aliphatic carbocycles. The molecule has 1 amide bonds. The van der Waals surface area contributed by atoms with Crippen LogP contribution >= 0.6 is 11.3 Å². The maximum Gasteiger partial charge on any atom is 0.417 e. The predicted octanol–water partition coefficient (Wildman–Crippen LogP) is 5.36. The molecule has 0 spiro atoms. The Morgan fingerprint density at radius 1 is 1.21 bits per heavy atom. The van der Waals surface area contributed by atoms with Crippen molar-refractivity contribution in [3.8, 4) is 0 Å². The van der Waals surface area contributed by atoms with Crippen molar-refractivity contribution in [2.24, 2.45) is 11.3 Å². The van der Waals surface area contributed by atoms with E-state index < -0.39 is 22.8 Å². The number of fused-ring (bicyclic) bond motifs is 1. The molecule has 1 aliphatic heterocycles. The fourth-order valence-corrected chi connectivity index (χ4v) is 7.58. The molecular weight excluding hydrogens is 513 g/mol. The highest BCUT2D eigenvalue weighted by Gasteiger charge is 2.50. The van der Waals surface area contributed by atoms with Gasteiger partial charge in [-0.1, -0.05) is 13.8 Å². The van der Waals surface area contributed by atoms with Gasteiger partial charge in [-0.2, -0.15) is 13.2 Å². The highest BCUT2D eigenvalue weighted by atomic mass is 32.1. The summed E-state index contributed by atoms with van der Waals surface area (Å²) in [6, 6.07) is 1.64. The minimum absolute atomic E-state index is 0.0528. The molecule has 3 heterocycles. The fourth-order valence-electron chi connectivity index (χ4n) is 6.63. The van der Waals surface area contributed by atoms with E-state index in [0.29, 0.717) is 37.1 Å². The third-order valence-electron chi connectivity index (χ3n) is 9.04. The fraction of sp³-hybridized carbons (Fsp3) is 0.679. The molecule has 10 heteroatoms. The third kappa shape index (κ3) is 5.23. The number of halogens is 3. The molecule has 2 saturated carbocycles. The summed E-state index contributed by atoms with van der Waals surface area (Å²) in [6.45, 7) is 6.76. The van der Waals surface area contributed by atoms with E-state index in [1.165, 1.54) is 11.3 Å². The summed E-state index contributed by atoms with van der Waals surface area (Å²) in [5.41, 5.74) is -0.0615. The van der Waals surface area contributed by atoms with Crippen LogP contribution in [0.4, 0.5) is 13.2 Å². The molecular formula is C28H37F3N4O2S. The number of amides is 1. The van der Waals surface area contributed by atoms with Gasteiger partial charge in [0.2, 0.25) is 5.91 Å². The largest absolute Gasteiger partial charge is 0.417 e. The van der Waals surface area contributed by atoms with E-state index in [1.54, 1.807) is 4.90 Å². The van der Waals surface area contributed by atoms with Crippen molar-refractivity contribution in [1.29, 1.82) is 0 Å². The Bertz CT molecular complexity index is 1180. The second-order valence-corrected chi connectivity index (χ2v) is 12.7. The maximum absolute atomic E-state index is 14.0. The second kappa shape index (κ2) is 10.2. The van der Waals surface area contributed by atoms with Gasteiger partial charge < -0.3 is 15.3 Å². The van der Waals surface area contributed by atoms with Crippen LogP contribution in [0.1, 0.15) is 86.3 Å². The van der Waals surface area contributed by atoms with Crippen LogP contribution in [0.2, 0.25) is 0 Å². The van der Waals surface area contributed by atoms with Crippen LogP contribution in [0.25, 0.3) is 0 Å². The van der Waals surface area contributed by atoms with Gasteiger partial charge in [0.15, 0.2) is 0 Å². The molecule has 0 radical (unpaired) electrons. The van der Waals surface area contributed by atoms with Crippen molar-refractivity contribution in [3.63, 3.8) is 0 Å². The molecule has 3 aliphatic rings. The van der Waals surface area contributed by atoms with Crippen LogP contribution < -0.4 is 5.32 Å². The number of alkyl halides is 3. The molecule has 0 bridgehead atoms. The Labute approximate surface area is 226 Å². The van der Waals surface area contributed by atoms with Gasteiger partial charge in [-0.15, -0.1) is 11.3 Å². The number of pyridine rings is 1. The van der Waals surface area contributed by atoms with E-state index in [2.05, 4.69) is 29.1 Å². The zero-order valence-electron chi connectivity index (χ0n) is 22.3. The van der Waals surface area contributed by atoms with Gasteiger partial charge in [0.1, 0.15) is 10.6 Å². The van der Waals surface area contributed by atoms with Crippen molar-refractivity contribution >= 4 is 17.2 Å². The number of aryl methyl sites for hydroxylation is 1. The van der Waals surface area contributed by atoms with E-state index >= 15 is 0 Å². The Morgan fingerprint density at radius 3 is 2.55 bits per heavy atom. The topological polar surface area (TPSA) is 78.4 Å². The number of rotatable bonds is 5. The van der Waals surface area contributed by atoms with Gasteiger partial charge in [-0.05, 0) is 69.4 Å². The van der Waals surface area contributed by atoms with Crippen LogP contribution in [-0.2, 0) is 29.5 Å². The average molecular weight is 551 g/mol. The number of aliphatic hydroxyl groups is 1. The standard InChI is InChI=1S/C28H37F3N4O2S/c1-17(2)26(25(36)35-11-7-23-19(15-35)12-20(14-32-23)28(29,30)31)8-4-22(13-26)34-21-5-9-27(37,10-6-21)24-33-18(3)16-38-24/h12,14,16-17,21-22,34,37H,4-11,13,15H2,1-3H3/t21?,22-,26+,27?/m1/s1. The van der Waals surface area contributed by atoms with E-state index in [1.807, 2.05) is 12.3 Å². The van der Waals surface area contributed by atoms with Gasteiger partial charge >= 0.3 is 6.18 Å². The Kier molecular flexibility index (Phi) is 7.37. The van der Waals surface area contributed by atoms with E-state index in [4.69, 9.17) is 0 Å². The molecule has 6 nitrogen and oxygen atoms in total. The number of nitrogens with zero attached hydrogens (tertiary/aromatic N) is 3. The maximum atomic E-state index is 14.0.